The molecular weight excluding hydrogens is 201 g/mol. The molecule has 1 aromatic rings. The van der Waals surface area contributed by atoms with Crippen molar-refractivity contribution in [2.75, 3.05) is 0 Å². The number of aromatic nitrogens is 1. The van der Waals surface area contributed by atoms with Gasteiger partial charge in [0.1, 0.15) is 12.9 Å². The van der Waals surface area contributed by atoms with Gasteiger partial charge >= 0.3 is 5.82 Å². The number of pyridine rings is 1. The van der Waals surface area contributed by atoms with E-state index in [1.54, 1.807) is 0 Å². The minimum Gasteiger partial charge on any atom is -0.358 e. The summed E-state index contributed by atoms with van der Waals surface area (Å²) in [5.41, 5.74) is -1.01. The first-order valence-electron chi connectivity index (χ1n) is 3.53. The SMILES string of the molecule is O=[N+]([O-])c1cc(CF)c(C(F)F)cn1. The van der Waals surface area contributed by atoms with Crippen molar-refractivity contribution in [3.05, 3.63) is 33.5 Å². The van der Waals surface area contributed by atoms with E-state index in [0.29, 0.717) is 12.3 Å². The number of halogens is 3. The molecule has 0 saturated heterocycles. The number of alkyl halides is 3. The van der Waals surface area contributed by atoms with Gasteiger partial charge in [0.05, 0.1) is 5.56 Å². The smallest absolute Gasteiger partial charge is 0.358 e. The second-order valence-corrected chi connectivity index (χ2v) is 2.43. The van der Waals surface area contributed by atoms with Crippen molar-refractivity contribution in [2.45, 2.75) is 13.1 Å². The fourth-order valence-electron chi connectivity index (χ4n) is 0.907. The summed E-state index contributed by atoms with van der Waals surface area (Å²) in [7, 11) is 0. The van der Waals surface area contributed by atoms with E-state index in [4.69, 9.17) is 0 Å². The third-order valence-electron chi connectivity index (χ3n) is 1.58. The average Bonchev–Trinajstić information content (AvgIpc) is 2.16. The summed E-state index contributed by atoms with van der Waals surface area (Å²) >= 11 is 0. The Morgan fingerprint density at radius 3 is 2.64 bits per heavy atom. The van der Waals surface area contributed by atoms with Crippen LogP contribution in [0.5, 0.6) is 0 Å². The lowest BCUT2D eigenvalue weighted by Gasteiger charge is -2.02. The molecule has 1 aromatic heterocycles. The van der Waals surface area contributed by atoms with Crippen LogP contribution in [0.1, 0.15) is 17.6 Å². The van der Waals surface area contributed by atoms with Crippen molar-refractivity contribution in [2.24, 2.45) is 0 Å². The molecule has 1 rings (SSSR count). The van der Waals surface area contributed by atoms with Crippen LogP contribution in [0.4, 0.5) is 19.0 Å². The van der Waals surface area contributed by atoms with Gasteiger partial charge in [-0.1, -0.05) is 0 Å². The van der Waals surface area contributed by atoms with Gasteiger partial charge in [-0.3, -0.25) is 0 Å². The van der Waals surface area contributed by atoms with Gasteiger partial charge in [0.15, 0.2) is 0 Å². The van der Waals surface area contributed by atoms with E-state index in [2.05, 4.69) is 4.98 Å². The topological polar surface area (TPSA) is 56.0 Å². The van der Waals surface area contributed by atoms with E-state index in [0.717, 1.165) is 0 Å². The normalized spacial score (nSPS) is 10.6. The molecule has 0 fully saturated rings. The maximum absolute atomic E-state index is 12.2. The van der Waals surface area contributed by atoms with Crippen LogP contribution < -0.4 is 0 Å². The molecule has 14 heavy (non-hydrogen) atoms. The van der Waals surface area contributed by atoms with Crippen molar-refractivity contribution in [3.8, 4) is 0 Å². The Kier molecular flexibility index (Phi) is 3.00. The van der Waals surface area contributed by atoms with Crippen LogP contribution in [0, 0.1) is 10.1 Å². The highest BCUT2D eigenvalue weighted by atomic mass is 19.3. The van der Waals surface area contributed by atoms with E-state index in [1.165, 1.54) is 0 Å². The van der Waals surface area contributed by atoms with E-state index < -0.39 is 35.0 Å². The standard InChI is InChI=1S/C7H5F3N2O2/c8-2-4-1-6(12(13)14)11-3-5(4)7(9)10/h1,3,7H,2H2. The van der Waals surface area contributed by atoms with Gasteiger partial charge in [-0.2, -0.15) is 0 Å². The van der Waals surface area contributed by atoms with Crippen molar-refractivity contribution in [1.82, 2.24) is 4.98 Å². The molecule has 0 N–H and O–H groups in total. The van der Waals surface area contributed by atoms with Crippen LogP contribution in [-0.2, 0) is 6.67 Å². The zero-order valence-corrected chi connectivity index (χ0v) is 6.78. The summed E-state index contributed by atoms with van der Waals surface area (Å²) in [6, 6.07) is 0.710. The monoisotopic (exact) mass is 206 g/mol. The van der Waals surface area contributed by atoms with Gasteiger partial charge in [0.2, 0.25) is 0 Å². The zero-order chi connectivity index (χ0) is 10.7. The summed E-state index contributed by atoms with van der Waals surface area (Å²) in [6.07, 6.45) is -2.26. The van der Waals surface area contributed by atoms with Crippen LogP contribution in [0.3, 0.4) is 0 Å². The second kappa shape index (κ2) is 4.03. The summed E-state index contributed by atoms with van der Waals surface area (Å²) in [4.78, 5) is 12.5. The number of hydrogen-bond donors (Lipinski definition) is 0. The number of nitro groups is 1. The number of rotatable bonds is 3. The van der Waals surface area contributed by atoms with Crippen molar-refractivity contribution in [3.63, 3.8) is 0 Å². The van der Waals surface area contributed by atoms with E-state index in [1.807, 2.05) is 0 Å². The summed E-state index contributed by atoms with van der Waals surface area (Å²) in [5, 5.41) is 10.2. The Balaban J connectivity index is 3.18. The molecule has 0 spiro atoms. The van der Waals surface area contributed by atoms with Crippen molar-refractivity contribution in [1.29, 1.82) is 0 Å². The van der Waals surface area contributed by atoms with Crippen LogP contribution in [0.25, 0.3) is 0 Å². The molecule has 0 aliphatic rings. The third-order valence-corrected chi connectivity index (χ3v) is 1.58. The minimum atomic E-state index is -2.88. The highest BCUT2D eigenvalue weighted by Crippen LogP contribution is 2.25. The quantitative estimate of drug-likeness (QED) is 0.563. The van der Waals surface area contributed by atoms with Gasteiger partial charge in [0, 0.05) is 11.6 Å². The molecule has 0 aliphatic heterocycles. The average molecular weight is 206 g/mol. The Morgan fingerprint density at radius 2 is 2.21 bits per heavy atom. The first-order valence-corrected chi connectivity index (χ1v) is 3.53. The van der Waals surface area contributed by atoms with Crippen molar-refractivity contribution >= 4 is 5.82 Å². The zero-order valence-electron chi connectivity index (χ0n) is 6.78. The first-order chi connectivity index (χ1) is 6.56. The second-order valence-electron chi connectivity index (χ2n) is 2.43. The largest absolute Gasteiger partial charge is 0.363 e. The van der Waals surface area contributed by atoms with Gasteiger partial charge in [-0.05, 0) is 9.91 Å². The molecule has 4 nitrogen and oxygen atoms in total. The lowest BCUT2D eigenvalue weighted by atomic mass is 10.1. The molecule has 0 radical (unpaired) electrons. The van der Waals surface area contributed by atoms with E-state index in [9.17, 15) is 23.3 Å². The lowest BCUT2D eigenvalue weighted by molar-refractivity contribution is -0.389. The summed E-state index contributed by atoms with van der Waals surface area (Å²) in [6.45, 7) is -1.18. The third kappa shape index (κ3) is 1.98. The molecular formula is C7H5F3N2O2. The molecule has 0 saturated carbocycles. The number of nitrogens with zero attached hydrogens (tertiary/aromatic N) is 2. The van der Waals surface area contributed by atoms with Crippen LogP contribution in [0.2, 0.25) is 0 Å². The van der Waals surface area contributed by atoms with E-state index in [-0.39, 0.29) is 0 Å². The Labute approximate surface area is 76.5 Å². The Morgan fingerprint density at radius 1 is 1.57 bits per heavy atom. The van der Waals surface area contributed by atoms with Gasteiger partial charge in [-0.15, -0.1) is 0 Å². The predicted octanol–water partition coefficient (Wildman–Crippen LogP) is 2.40. The van der Waals surface area contributed by atoms with Gasteiger partial charge < -0.3 is 10.1 Å². The molecule has 0 unspecified atom stereocenters. The number of hydrogen-bond acceptors (Lipinski definition) is 3. The van der Waals surface area contributed by atoms with Crippen LogP contribution in [0.15, 0.2) is 12.3 Å². The summed E-state index contributed by atoms with van der Waals surface area (Å²) < 4.78 is 36.5. The van der Waals surface area contributed by atoms with Gasteiger partial charge in [-0.25, -0.2) is 13.2 Å². The van der Waals surface area contributed by atoms with E-state index >= 15 is 0 Å². The lowest BCUT2D eigenvalue weighted by Crippen LogP contribution is -1.98. The molecule has 0 aromatic carbocycles. The first kappa shape index (κ1) is 10.4. The maximum Gasteiger partial charge on any atom is 0.363 e. The van der Waals surface area contributed by atoms with Gasteiger partial charge in [0.25, 0.3) is 6.43 Å². The highest BCUT2D eigenvalue weighted by Gasteiger charge is 2.19. The molecule has 0 atom stereocenters. The molecule has 0 bridgehead atoms. The highest BCUT2D eigenvalue weighted by molar-refractivity contribution is 5.32. The van der Waals surface area contributed by atoms with Crippen LogP contribution >= 0.6 is 0 Å². The molecule has 1 heterocycles. The Bertz CT molecular complexity index is 357. The fraction of sp³-hybridized carbons (Fsp3) is 0.286. The Hall–Kier alpha value is -1.66. The maximum atomic E-state index is 12.2. The molecule has 0 amide bonds. The summed E-state index contributed by atoms with van der Waals surface area (Å²) in [5.74, 6) is -0.637. The predicted molar refractivity (Wildman–Crippen MR) is 40.7 cm³/mol. The molecule has 0 aliphatic carbocycles. The van der Waals surface area contributed by atoms with Crippen molar-refractivity contribution < 1.29 is 18.1 Å². The fourth-order valence-corrected chi connectivity index (χ4v) is 0.907. The minimum absolute atomic E-state index is 0.401. The molecule has 76 valence electrons. The van der Waals surface area contributed by atoms with Crippen LogP contribution in [-0.4, -0.2) is 9.91 Å². The molecule has 7 heteroatoms.